The molecule has 2 aliphatic rings. The lowest BCUT2D eigenvalue weighted by Gasteiger charge is -2.44. The van der Waals surface area contributed by atoms with Crippen molar-refractivity contribution in [2.24, 2.45) is 0 Å². The number of thiophene rings is 1. The summed E-state index contributed by atoms with van der Waals surface area (Å²) in [7, 11) is -4.21. The molecule has 4 rings (SSSR count). The molecule has 0 radical (unpaired) electrons. The predicted octanol–water partition coefficient (Wildman–Crippen LogP) is 3.49. The first kappa shape index (κ1) is 25.4. The van der Waals surface area contributed by atoms with E-state index in [4.69, 9.17) is 11.6 Å². The minimum absolute atomic E-state index is 0.0150. The predicted molar refractivity (Wildman–Crippen MR) is 133 cm³/mol. The number of carboxylic acid groups (broad SMARTS) is 1. The number of carbonyl (C=O) groups excluding carboxylic acids is 1. The molecule has 2 fully saturated rings. The monoisotopic (exact) mass is 527 g/mol. The highest BCUT2D eigenvalue weighted by molar-refractivity contribution is 7.91. The molecule has 2 saturated heterocycles. The van der Waals surface area contributed by atoms with Crippen molar-refractivity contribution >= 4 is 54.9 Å². The third kappa shape index (κ3) is 5.11. The molecule has 186 valence electrons. The van der Waals surface area contributed by atoms with Gasteiger partial charge in [0.1, 0.15) is 16.8 Å². The molecule has 2 aromatic rings. The average Bonchev–Trinajstić information content (AvgIpc) is 3.22. The van der Waals surface area contributed by atoms with E-state index in [1.54, 1.807) is 23.1 Å². The van der Waals surface area contributed by atoms with Crippen LogP contribution in [0.2, 0.25) is 5.02 Å². The lowest BCUT2D eigenvalue weighted by Crippen LogP contribution is -2.59. The molecule has 1 aromatic heterocycles. The highest BCUT2D eigenvalue weighted by atomic mass is 35.5. The number of aliphatic carboxylic acids is 1. The molecule has 2 aliphatic heterocycles. The average molecular weight is 528 g/mol. The fourth-order valence-electron chi connectivity index (χ4n) is 4.95. The second-order valence-corrected chi connectivity index (χ2v) is 12.9. The SMILES string of the molecule is CC(C)N1CCC(N2CCC[C@H](N(CC(=O)O)S(=O)(=O)c3cc4cc(Cl)ccc4s3)C2=O)CC1. The summed E-state index contributed by atoms with van der Waals surface area (Å²) in [5, 5.41) is 10.7. The lowest BCUT2D eigenvalue weighted by atomic mass is 9.96. The highest BCUT2D eigenvalue weighted by Gasteiger charge is 2.43. The Morgan fingerprint density at radius 1 is 1.21 bits per heavy atom. The number of carbonyl (C=O) groups is 2. The first-order chi connectivity index (χ1) is 16.1. The third-order valence-corrected chi connectivity index (χ3v) is 10.4. The van der Waals surface area contributed by atoms with Crippen molar-refractivity contribution < 1.29 is 23.1 Å². The molecule has 8 nitrogen and oxygen atoms in total. The van der Waals surface area contributed by atoms with Gasteiger partial charge in [-0.15, -0.1) is 11.3 Å². The van der Waals surface area contributed by atoms with Gasteiger partial charge in [-0.05, 0) is 69.2 Å². The van der Waals surface area contributed by atoms with E-state index in [1.807, 2.05) is 0 Å². The number of amides is 1. The minimum Gasteiger partial charge on any atom is -0.480 e. The van der Waals surface area contributed by atoms with E-state index in [0.717, 1.165) is 46.3 Å². The summed E-state index contributed by atoms with van der Waals surface area (Å²) >= 11 is 7.10. The Balaban J connectivity index is 1.61. The maximum Gasteiger partial charge on any atom is 0.318 e. The number of carboxylic acids is 1. The van der Waals surface area contributed by atoms with Crippen LogP contribution in [0, 0.1) is 0 Å². The Kier molecular flexibility index (Phi) is 7.54. The second kappa shape index (κ2) is 10.1. The molecule has 1 atom stereocenters. The molecule has 0 bridgehead atoms. The van der Waals surface area contributed by atoms with Crippen LogP contribution in [0.3, 0.4) is 0 Å². The van der Waals surface area contributed by atoms with Crippen LogP contribution in [0.25, 0.3) is 10.1 Å². The Morgan fingerprint density at radius 3 is 2.56 bits per heavy atom. The number of fused-ring (bicyclic) bond motifs is 1. The Labute approximate surface area is 209 Å². The van der Waals surface area contributed by atoms with Crippen LogP contribution >= 0.6 is 22.9 Å². The van der Waals surface area contributed by atoms with Crippen molar-refractivity contribution in [1.29, 1.82) is 0 Å². The Morgan fingerprint density at radius 2 is 1.91 bits per heavy atom. The van der Waals surface area contributed by atoms with Gasteiger partial charge < -0.3 is 14.9 Å². The van der Waals surface area contributed by atoms with Gasteiger partial charge in [0.25, 0.3) is 10.0 Å². The summed E-state index contributed by atoms with van der Waals surface area (Å²) in [4.78, 5) is 29.4. The quantitative estimate of drug-likeness (QED) is 0.592. The molecule has 0 saturated carbocycles. The summed E-state index contributed by atoms with van der Waals surface area (Å²) in [6, 6.07) is 6.06. The largest absolute Gasteiger partial charge is 0.480 e. The number of piperidine rings is 2. The molecule has 1 N–H and O–H groups in total. The minimum atomic E-state index is -4.21. The van der Waals surface area contributed by atoms with Crippen molar-refractivity contribution in [2.45, 2.75) is 61.9 Å². The molecular formula is C23H30ClN3O5S2. The van der Waals surface area contributed by atoms with Crippen molar-refractivity contribution in [2.75, 3.05) is 26.2 Å². The zero-order valence-corrected chi connectivity index (χ0v) is 21.7. The lowest BCUT2D eigenvalue weighted by molar-refractivity contribution is -0.144. The first-order valence-electron chi connectivity index (χ1n) is 11.5. The fourth-order valence-corrected chi connectivity index (χ4v) is 8.20. The molecule has 34 heavy (non-hydrogen) atoms. The van der Waals surface area contributed by atoms with Crippen molar-refractivity contribution in [1.82, 2.24) is 14.1 Å². The molecule has 0 unspecified atom stereocenters. The number of halogens is 1. The summed E-state index contributed by atoms with van der Waals surface area (Å²) in [5.41, 5.74) is 0. The van der Waals surface area contributed by atoms with Crippen LogP contribution in [0.5, 0.6) is 0 Å². The molecule has 1 aromatic carbocycles. The van der Waals surface area contributed by atoms with Crippen molar-refractivity contribution in [3.63, 3.8) is 0 Å². The highest BCUT2D eigenvalue weighted by Crippen LogP contribution is 2.35. The standard InChI is InChI=1S/C23H30ClN3O5S2/c1-15(2)25-10-7-18(8-11-25)26-9-3-4-19(23(26)30)27(14-21(28)29)34(31,32)22-13-16-12-17(24)5-6-20(16)33-22/h5-6,12-13,15,18-19H,3-4,7-11,14H2,1-2H3,(H,28,29)/t19-/m0/s1. The van der Waals surface area contributed by atoms with Gasteiger partial charge in [0.2, 0.25) is 5.91 Å². The smallest absolute Gasteiger partial charge is 0.318 e. The van der Waals surface area contributed by atoms with Gasteiger partial charge in [-0.25, -0.2) is 8.42 Å². The molecule has 0 aliphatic carbocycles. The summed E-state index contributed by atoms with van der Waals surface area (Å²) in [6.45, 7) is 5.89. The molecule has 3 heterocycles. The zero-order valence-electron chi connectivity index (χ0n) is 19.3. The van der Waals surface area contributed by atoms with Gasteiger partial charge in [-0.2, -0.15) is 4.31 Å². The van der Waals surface area contributed by atoms with Crippen LogP contribution in [0.1, 0.15) is 39.5 Å². The van der Waals surface area contributed by atoms with E-state index in [0.29, 0.717) is 35.8 Å². The van der Waals surface area contributed by atoms with Crippen LogP contribution in [0.4, 0.5) is 0 Å². The van der Waals surface area contributed by atoms with Gasteiger partial charge in [-0.3, -0.25) is 9.59 Å². The molecule has 11 heteroatoms. The van der Waals surface area contributed by atoms with Gasteiger partial charge >= 0.3 is 5.97 Å². The van der Waals surface area contributed by atoms with Gasteiger partial charge in [0.15, 0.2) is 0 Å². The van der Waals surface area contributed by atoms with Gasteiger partial charge in [0, 0.05) is 41.4 Å². The molecular weight excluding hydrogens is 498 g/mol. The third-order valence-electron chi connectivity index (χ3n) is 6.77. The first-order valence-corrected chi connectivity index (χ1v) is 14.2. The number of hydrogen-bond donors (Lipinski definition) is 1. The molecule has 0 spiro atoms. The van der Waals surface area contributed by atoms with E-state index < -0.39 is 28.6 Å². The topological polar surface area (TPSA) is 98.2 Å². The second-order valence-electron chi connectivity index (χ2n) is 9.24. The number of rotatable bonds is 7. The van der Waals surface area contributed by atoms with Crippen LogP contribution in [-0.2, 0) is 19.6 Å². The van der Waals surface area contributed by atoms with Crippen LogP contribution in [0.15, 0.2) is 28.5 Å². The van der Waals surface area contributed by atoms with Gasteiger partial charge in [-0.1, -0.05) is 11.6 Å². The van der Waals surface area contributed by atoms with Crippen LogP contribution < -0.4 is 0 Å². The van der Waals surface area contributed by atoms with Gasteiger partial charge in [0.05, 0.1) is 0 Å². The maximum atomic E-state index is 13.6. The number of nitrogens with zero attached hydrogens (tertiary/aromatic N) is 3. The summed E-state index contributed by atoms with van der Waals surface area (Å²) in [5.74, 6) is -1.58. The number of likely N-dealkylation sites (tertiary alicyclic amines) is 2. The van der Waals surface area contributed by atoms with E-state index in [-0.39, 0.29) is 16.2 Å². The van der Waals surface area contributed by atoms with E-state index in [2.05, 4.69) is 18.7 Å². The number of sulfonamides is 1. The normalized spacial score (nSPS) is 21.1. The number of benzene rings is 1. The van der Waals surface area contributed by atoms with E-state index in [9.17, 15) is 23.1 Å². The Hall–Kier alpha value is -1.72. The van der Waals surface area contributed by atoms with Crippen molar-refractivity contribution in [3.8, 4) is 0 Å². The van der Waals surface area contributed by atoms with E-state index >= 15 is 0 Å². The Bertz CT molecular complexity index is 1170. The zero-order chi connectivity index (χ0) is 24.6. The fraction of sp³-hybridized carbons (Fsp3) is 0.565. The maximum absolute atomic E-state index is 13.6. The molecule has 1 amide bonds. The summed E-state index contributed by atoms with van der Waals surface area (Å²) in [6.07, 6.45) is 2.61. The van der Waals surface area contributed by atoms with Crippen LogP contribution in [-0.4, -0.2) is 83.8 Å². The summed E-state index contributed by atoms with van der Waals surface area (Å²) < 4.78 is 28.9. The van der Waals surface area contributed by atoms with E-state index in [1.165, 1.54) is 6.07 Å². The van der Waals surface area contributed by atoms with Crippen molar-refractivity contribution in [3.05, 3.63) is 29.3 Å². The number of hydrogen-bond acceptors (Lipinski definition) is 6.